The molecule has 1 amide bonds. The summed E-state index contributed by atoms with van der Waals surface area (Å²) >= 11 is 0. The maximum atomic E-state index is 12.2. The molecule has 1 aliphatic carbocycles. The largest absolute Gasteiger partial charge is 0.324 e. The van der Waals surface area contributed by atoms with Crippen LogP contribution >= 0.6 is 0 Å². The number of aryl methyl sites for hydroxylation is 2. The first-order valence-corrected chi connectivity index (χ1v) is 6.97. The Hall–Kier alpha value is -2.13. The van der Waals surface area contributed by atoms with Crippen molar-refractivity contribution < 1.29 is 4.79 Å². The highest BCUT2D eigenvalue weighted by Gasteiger charge is 2.17. The summed E-state index contributed by atoms with van der Waals surface area (Å²) in [4.78, 5) is 12.2. The second-order valence-corrected chi connectivity index (χ2v) is 5.21. The van der Waals surface area contributed by atoms with Gasteiger partial charge in [-0.1, -0.05) is 36.4 Å². The first-order chi connectivity index (χ1) is 9.74. The minimum absolute atomic E-state index is 0.172. The van der Waals surface area contributed by atoms with Gasteiger partial charge >= 0.3 is 0 Å². The fraction of sp³-hybridized carbons (Fsp3) is 0.235. The van der Waals surface area contributed by atoms with Crippen molar-refractivity contribution in [2.75, 3.05) is 5.32 Å². The molecular weight excluding hydrogens is 248 g/mol. The van der Waals surface area contributed by atoms with Crippen LogP contribution in [0, 0.1) is 0 Å². The van der Waals surface area contributed by atoms with Gasteiger partial charge in [-0.05, 0) is 48.1 Å². The molecule has 0 heterocycles. The molecule has 3 N–H and O–H groups in total. The Morgan fingerprint density at radius 3 is 2.60 bits per heavy atom. The predicted octanol–water partition coefficient (Wildman–Crippen LogP) is 2.81. The summed E-state index contributed by atoms with van der Waals surface area (Å²) in [7, 11) is 0. The predicted molar refractivity (Wildman–Crippen MR) is 80.5 cm³/mol. The van der Waals surface area contributed by atoms with Crippen molar-refractivity contribution in [3.63, 3.8) is 0 Å². The molecule has 102 valence electrons. The first-order valence-electron chi connectivity index (χ1n) is 6.97. The molecular formula is C17H18N2O. The highest BCUT2D eigenvalue weighted by molar-refractivity contribution is 5.95. The smallest absolute Gasteiger partial charge is 0.245 e. The molecule has 20 heavy (non-hydrogen) atoms. The number of hydrogen-bond acceptors (Lipinski definition) is 2. The molecule has 3 nitrogen and oxygen atoms in total. The molecule has 0 bridgehead atoms. The van der Waals surface area contributed by atoms with Gasteiger partial charge in [-0.25, -0.2) is 0 Å². The molecule has 2 aromatic rings. The first kappa shape index (κ1) is 12.9. The Bertz CT molecular complexity index is 622. The molecule has 1 unspecified atom stereocenters. The molecule has 0 saturated carbocycles. The molecule has 0 radical (unpaired) electrons. The zero-order valence-corrected chi connectivity index (χ0v) is 11.3. The van der Waals surface area contributed by atoms with E-state index >= 15 is 0 Å². The van der Waals surface area contributed by atoms with Crippen molar-refractivity contribution in [3.8, 4) is 0 Å². The van der Waals surface area contributed by atoms with Crippen LogP contribution in [0.15, 0.2) is 48.5 Å². The van der Waals surface area contributed by atoms with Gasteiger partial charge in [0.2, 0.25) is 5.91 Å². The number of nitrogens with two attached hydrogens (primary N) is 1. The van der Waals surface area contributed by atoms with Crippen molar-refractivity contribution >= 4 is 11.6 Å². The van der Waals surface area contributed by atoms with Gasteiger partial charge in [0.15, 0.2) is 0 Å². The molecule has 0 aromatic heterocycles. The van der Waals surface area contributed by atoms with Crippen molar-refractivity contribution in [2.24, 2.45) is 5.73 Å². The van der Waals surface area contributed by atoms with E-state index in [2.05, 4.69) is 17.4 Å². The number of hydrogen-bond donors (Lipinski definition) is 2. The van der Waals surface area contributed by atoms with Gasteiger partial charge in [0.05, 0.1) is 0 Å². The van der Waals surface area contributed by atoms with E-state index in [1.165, 1.54) is 17.5 Å². The average molecular weight is 266 g/mol. The van der Waals surface area contributed by atoms with Gasteiger partial charge in [-0.15, -0.1) is 0 Å². The minimum Gasteiger partial charge on any atom is -0.324 e. The van der Waals surface area contributed by atoms with E-state index in [0.717, 1.165) is 24.1 Å². The van der Waals surface area contributed by atoms with Gasteiger partial charge in [0.1, 0.15) is 6.04 Å². The fourth-order valence-corrected chi connectivity index (χ4v) is 2.68. The number of carbonyl (C=O) groups is 1. The maximum Gasteiger partial charge on any atom is 0.245 e. The standard InChI is InChI=1S/C17H18N2O/c18-16(13-5-2-1-3-6-13)17(20)19-15-10-9-12-7-4-8-14(12)11-15/h1-3,5-6,9-11,16H,4,7-8,18H2,(H,19,20). The lowest BCUT2D eigenvalue weighted by atomic mass is 10.1. The maximum absolute atomic E-state index is 12.2. The zero-order chi connectivity index (χ0) is 13.9. The van der Waals surface area contributed by atoms with E-state index in [-0.39, 0.29) is 5.91 Å². The van der Waals surface area contributed by atoms with Crippen molar-refractivity contribution in [2.45, 2.75) is 25.3 Å². The third-order valence-electron chi connectivity index (χ3n) is 3.81. The van der Waals surface area contributed by atoms with Crippen molar-refractivity contribution in [1.82, 2.24) is 0 Å². The van der Waals surface area contributed by atoms with E-state index in [0.29, 0.717) is 0 Å². The Labute approximate surface area is 118 Å². The normalized spacial score (nSPS) is 14.7. The fourth-order valence-electron chi connectivity index (χ4n) is 2.68. The van der Waals surface area contributed by atoms with Crippen LogP contribution in [0.3, 0.4) is 0 Å². The highest BCUT2D eigenvalue weighted by Crippen LogP contribution is 2.25. The number of fused-ring (bicyclic) bond motifs is 1. The van der Waals surface area contributed by atoms with Crippen LogP contribution in [-0.2, 0) is 17.6 Å². The molecule has 1 atom stereocenters. The van der Waals surface area contributed by atoms with Gasteiger partial charge in [-0.3, -0.25) is 4.79 Å². The summed E-state index contributed by atoms with van der Waals surface area (Å²) in [5.74, 6) is -0.172. The Balaban J connectivity index is 1.73. The Morgan fingerprint density at radius 1 is 1.05 bits per heavy atom. The van der Waals surface area contributed by atoms with Gasteiger partial charge in [0, 0.05) is 5.69 Å². The number of amides is 1. The monoisotopic (exact) mass is 266 g/mol. The summed E-state index contributed by atoms with van der Waals surface area (Å²) < 4.78 is 0. The Kier molecular flexibility index (Phi) is 3.52. The zero-order valence-electron chi connectivity index (χ0n) is 11.3. The van der Waals surface area contributed by atoms with Crippen LogP contribution in [0.2, 0.25) is 0 Å². The number of carbonyl (C=O) groups excluding carboxylic acids is 1. The average Bonchev–Trinajstić information content (AvgIpc) is 2.95. The molecule has 2 aromatic carbocycles. The van der Waals surface area contributed by atoms with E-state index in [1.54, 1.807) is 0 Å². The summed E-state index contributed by atoms with van der Waals surface area (Å²) in [6, 6.07) is 14.9. The van der Waals surface area contributed by atoms with Crippen LogP contribution in [-0.4, -0.2) is 5.91 Å². The van der Waals surface area contributed by atoms with Crippen molar-refractivity contribution in [1.29, 1.82) is 0 Å². The third-order valence-corrected chi connectivity index (χ3v) is 3.81. The van der Waals surface area contributed by atoms with E-state index in [9.17, 15) is 4.79 Å². The molecule has 0 saturated heterocycles. The molecule has 3 heteroatoms. The molecule has 1 aliphatic rings. The Morgan fingerprint density at radius 2 is 1.80 bits per heavy atom. The van der Waals surface area contributed by atoms with Crippen LogP contribution in [0.4, 0.5) is 5.69 Å². The SMILES string of the molecule is NC(C(=O)Nc1ccc2c(c1)CCC2)c1ccccc1. The van der Waals surface area contributed by atoms with Crippen LogP contribution < -0.4 is 11.1 Å². The molecule has 3 rings (SSSR count). The van der Waals surface area contributed by atoms with Crippen LogP contribution in [0.1, 0.15) is 29.2 Å². The minimum atomic E-state index is -0.635. The molecule has 0 aliphatic heterocycles. The second kappa shape index (κ2) is 5.47. The van der Waals surface area contributed by atoms with Gasteiger partial charge in [-0.2, -0.15) is 0 Å². The lowest BCUT2D eigenvalue weighted by molar-refractivity contribution is -0.117. The number of benzene rings is 2. The summed E-state index contributed by atoms with van der Waals surface area (Å²) in [5.41, 5.74) is 10.4. The van der Waals surface area contributed by atoms with E-state index in [1.807, 2.05) is 36.4 Å². The molecule has 0 fully saturated rings. The van der Waals surface area contributed by atoms with Gasteiger partial charge < -0.3 is 11.1 Å². The third kappa shape index (κ3) is 2.58. The number of nitrogens with one attached hydrogen (secondary N) is 1. The van der Waals surface area contributed by atoms with E-state index < -0.39 is 6.04 Å². The summed E-state index contributed by atoms with van der Waals surface area (Å²) in [6.07, 6.45) is 3.45. The highest BCUT2D eigenvalue weighted by atomic mass is 16.2. The van der Waals surface area contributed by atoms with Gasteiger partial charge in [0.25, 0.3) is 0 Å². The number of rotatable bonds is 3. The quantitative estimate of drug-likeness (QED) is 0.897. The number of anilines is 1. The summed E-state index contributed by atoms with van der Waals surface area (Å²) in [6.45, 7) is 0. The van der Waals surface area contributed by atoms with Crippen LogP contribution in [0.25, 0.3) is 0 Å². The van der Waals surface area contributed by atoms with E-state index in [4.69, 9.17) is 5.73 Å². The lowest BCUT2D eigenvalue weighted by Crippen LogP contribution is -2.27. The summed E-state index contributed by atoms with van der Waals surface area (Å²) in [5, 5.41) is 2.91. The molecule has 0 spiro atoms. The van der Waals surface area contributed by atoms with Crippen LogP contribution in [0.5, 0.6) is 0 Å². The topological polar surface area (TPSA) is 55.1 Å². The van der Waals surface area contributed by atoms with Crippen molar-refractivity contribution in [3.05, 3.63) is 65.2 Å². The second-order valence-electron chi connectivity index (χ2n) is 5.21. The lowest BCUT2D eigenvalue weighted by Gasteiger charge is -2.13.